The first kappa shape index (κ1) is 16.2. The molecule has 1 aromatic rings. The molecule has 1 rings (SSSR count). The van der Waals surface area contributed by atoms with Crippen molar-refractivity contribution in [3.05, 3.63) is 36.4 Å². The molecule has 1 atom stereocenters. The Balaban J connectivity index is 2.57. The summed E-state index contributed by atoms with van der Waals surface area (Å²) in [6.45, 7) is 10.6. The van der Waals surface area contributed by atoms with Gasteiger partial charge in [0.25, 0.3) is 0 Å². The molecule has 0 bridgehead atoms. The molecular weight excluding hydrogens is 252 g/mol. The molecule has 0 fully saturated rings. The second-order valence-electron chi connectivity index (χ2n) is 4.98. The van der Waals surface area contributed by atoms with Crippen LogP contribution in [0, 0.1) is 0 Å². The highest BCUT2D eigenvalue weighted by Crippen LogP contribution is 2.23. The van der Waals surface area contributed by atoms with Crippen molar-refractivity contribution in [2.45, 2.75) is 33.2 Å². The van der Waals surface area contributed by atoms with Crippen LogP contribution in [0.15, 0.2) is 36.4 Å². The van der Waals surface area contributed by atoms with E-state index in [0.29, 0.717) is 30.6 Å². The van der Waals surface area contributed by atoms with Gasteiger partial charge in [-0.2, -0.15) is 0 Å². The number of para-hydroxylation sites is 2. The molecule has 0 aliphatic carbocycles. The number of amides is 1. The summed E-state index contributed by atoms with van der Waals surface area (Å²) in [6, 6.07) is 7.73. The molecule has 0 spiro atoms. The average Bonchev–Trinajstić information content (AvgIpc) is 2.43. The molecule has 0 aliphatic heterocycles. The van der Waals surface area contributed by atoms with Crippen molar-refractivity contribution in [1.82, 2.24) is 5.32 Å². The maximum Gasteiger partial charge on any atom is 0.238 e. The first-order valence-electron chi connectivity index (χ1n) is 6.92. The van der Waals surface area contributed by atoms with Crippen molar-refractivity contribution < 1.29 is 9.53 Å². The van der Waals surface area contributed by atoms with Gasteiger partial charge in [-0.05, 0) is 38.0 Å². The van der Waals surface area contributed by atoms with Gasteiger partial charge in [0.05, 0.1) is 12.2 Å². The molecule has 1 unspecified atom stereocenters. The Morgan fingerprint density at radius 2 is 2.10 bits per heavy atom. The van der Waals surface area contributed by atoms with Crippen LogP contribution in [-0.2, 0) is 4.79 Å². The van der Waals surface area contributed by atoms with Crippen LogP contribution >= 0.6 is 0 Å². The van der Waals surface area contributed by atoms with Crippen molar-refractivity contribution in [3.8, 4) is 5.75 Å². The Hall–Kier alpha value is -1.81. The van der Waals surface area contributed by atoms with E-state index in [2.05, 4.69) is 31.1 Å². The summed E-state index contributed by atoms with van der Waals surface area (Å²) in [4.78, 5) is 11.9. The SMILES string of the molecule is C=C(C)COc1ccccc1NC(=O)CNC(C)CC. The van der Waals surface area contributed by atoms with Crippen LogP contribution in [0.25, 0.3) is 0 Å². The lowest BCUT2D eigenvalue weighted by Gasteiger charge is -2.14. The van der Waals surface area contributed by atoms with Crippen LogP contribution in [-0.4, -0.2) is 25.1 Å². The largest absolute Gasteiger partial charge is 0.487 e. The predicted molar refractivity (Wildman–Crippen MR) is 83.1 cm³/mol. The fourth-order valence-corrected chi connectivity index (χ4v) is 1.50. The molecule has 110 valence electrons. The Morgan fingerprint density at radius 1 is 1.40 bits per heavy atom. The molecule has 0 saturated carbocycles. The monoisotopic (exact) mass is 276 g/mol. The Labute approximate surface area is 121 Å². The van der Waals surface area contributed by atoms with E-state index in [0.717, 1.165) is 12.0 Å². The van der Waals surface area contributed by atoms with Crippen molar-refractivity contribution >= 4 is 11.6 Å². The third kappa shape index (κ3) is 5.89. The first-order chi connectivity index (χ1) is 9.52. The normalized spacial score (nSPS) is 11.8. The zero-order valence-electron chi connectivity index (χ0n) is 12.5. The lowest BCUT2D eigenvalue weighted by molar-refractivity contribution is -0.115. The number of rotatable bonds is 8. The third-order valence-electron chi connectivity index (χ3n) is 2.86. The van der Waals surface area contributed by atoms with Gasteiger partial charge in [-0.15, -0.1) is 0 Å². The quantitative estimate of drug-likeness (QED) is 0.718. The lowest BCUT2D eigenvalue weighted by atomic mass is 10.2. The molecule has 1 amide bonds. The van der Waals surface area contributed by atoms with Crippen molar-refractivity contribution in [2.24, 2.45) is 0 Å². The summed E-state index contributed by atoms with van der Waals surface area (Å²) in [6.07, 6.45) is 0.992. The van der Waals surface area contributed by atoms with E-state index in [-0.39, 0.29) is 5.91 Å². The minimum absolute atomic E-state index is 0.0725. The molecule has 4 heteroatoms. The molecule has 0 saturated heterocycles. The minimum Gasteiger partial charge on any atom is -0.487 e. The predicted octanol–water partition coefficient (Wildman–Crippen LogP) is 2.97. The molecule has 0 radical (unpaired) electrons. The highest BCUT2D eigenvalue weighted by Gasteiger charge is 2.08. The van der Waals surface area contributed by atoms with Crippen LogP contribution < -0.4 is 15.4 Å². The van der Waals surface area contributed by atoms with Crippen LogP contribution in [0.1, 0.15) is 27.2 Å². The number of carbonyl (C=O) groups is 1. The zero-order valence-corrected chi connectivity index (χ0v) is 12.5. The second-order valence-corrected chi connectivity index (χ2v) is 4.98. The summed E-state index contributed by atoms with van der Waals surface area (Å²) in [5.41, 5.74) is 1.62. The number of hydrogen-bond donors (Lipinski definition) is 2. The van der Waals surface area contributed by atoms with Gasteiger partial charge in [0.2, 0.25) is 5.91 Å². The molecule has 0 heterocycles. The molecule has 2 N–H and O–H groups in total. The van der Waals surface area contributed by atoms with E-state index >= 15 is 0 Å². The van der Waals surface area contributed by atoms with E-state index in [1.807, 2.05) is 31.2 Å². The highest BCUT2D eigenvalue weighted by molar-refractivity contribution is 5.93. The smallest absolute Gasteiger partial charge is 0.238 e. The Kier molecular flexibility index (Phi) is 6.81. The topological polar surface area (TPSA) is 50.4 Å². The van der Waals surface area contributed by atoms with Gasteiger partial charge < -0.3 is 15.4 Å². The van der Waals surface area contributed by atoms with Gasteiger partial charge in [0.15, 0.2) is 0 Å². The Bertz CT molecular complexity index is 458. The fourth-order valence-electron chi connectivity index (χ4n) is 1.50. The van der Waals surface area contributed by atoms with Gasteiger partial charge in [0, 0.05) is 6.04 Å². The summed E-state index contributed by atoms with van der Waals surface area (Å²) in [5.74, 6) is 0.587. The molecule has 0 aliphatic rings. The number of anilines is 1. The summed E-state index contributed by atoms with van der Waals surface area (Å²) < 4.78 is 5.61. The fraction of sp³-hybridized carbons (Fsp3) is 0.438. The number of benzene rings is 1. The number of carbonyl (C=O) groups excluding carboxylic acids is 1. The van der Waals surface area contributed by atoms with E-state index < -0.39 is 0 Å². The Morgan fingerprint density at radius 3 is 2.75 bits per heavy atom. The maximum absolute atomic E-state index is 11.9. The molecular formula is C16H24N2O2. The summed E-state index contributed by atoms with van der Waals surface area (Å²) >= 11 is 0. The summed E-state index contributed by atoms with van der Waals surface area (Å²) in [7, 11) is 0. The molecule has 20 heavy (non-hydrogen) atoms. The van der Waals surface area contributed by atoms with Crippen LogP contribution in [0.4, 0.5) is 5.69 Å². The number of ether oxygens (including phenoxy) is 1. The molecule has 0 aromatic heterocycles. The zero-order chi connectivity index (χ0) is 15.0. The standard InChI is InChI=1S/C16H24N2O2/c1-5-13(4)17-10-16(19)18-14-8-6-7-9-15(14)20-11-12(2)3/h6-9,13,17H,2,5,10-11H2,1,3-4H3,(H,18,19). The first-order valence-corrected chi connectivity index (χ1v) is 6.92. The summed E-state index contributed by atoms with van der Waals surface area (Å²) in [5, 5.41) is 6.01. The van der Waals surface area contributed by atoms with E-state index in [1.165, 1.54) is 0 Å². The second kappa shape index (κ2) is 8.38. The number of hydrogen-bond acceptors (Lipinski definition) is 3. The van der Waals surface area contributed by atoms with Crippen molar-refractivity contribution in [2.75, 3.05) is 18.5 Å². The van der Waals surface area contributed by atoms with Crippen LogP contribution in [0.3, 0.4) is 0 Å². The van der Waals surface area contributed by atoms with Crippen LogP contribution in [0.5, 0.6) is 5.75 Å². The van der Waals surface area contributed by atoms with Gasteiger partial charge in [0.1, 0.15) is 12.4 Å². The van der Waals surface area contributed by atoms with Crippen molar-refractivity contribution in [3.63, 3.8) is 0 Å². The molecule has 1 aromatic carbocycles. The van der Waals surface area contributed by atoms with E-state index in [4.69, 9.17) is 4.74 Å². The van der Waals surface area contributed by atoms with Gasteiger partial charge in [-0.25, -0.2) is 0 Å². The minimum atomic E-state index is -0.0725. The van der Waals surface area contributed by atoms with Gasteiger partial charge in [-0.3, -0.25) is 4.79 Å². The van der Waals surface area contributed by atoms with Gasteiger partial charge >= 0.3 is 0 Å². The van der Waals surface area contributed by atoms with E-state index in [9.17, 15) is 4.79 Å². The maximum atomic E-state index is 11.9. The van der Waals surface area contributed by atoms with Gasteiger partial charge in [-0.1, -0.05) is 25.6 Å². The number of nitrogens with one attached hydrogen (secondary N) is 2. The average molecular weight is 276 g/mol. The molecule has 4 nitrogen and oxygen atoms in total. The highest BCUT2D eigenvalue weighted by atomic mass is 16.5. The van der Waals surface area contributed by atoms with Crippen molar-refractivity contribution in [1.29, 1.82) is 0 Å². The third-order valence-corrected chi connectivity index (χ3v) is 2.86. The lowest BCUT2D eigenvalue weighted by Crippen LogP contribution is -2.34. The van der Waals surface area contributed by atoms with Crippen LogP contribution in [0.2, 0.25) is 0 Å². The van der Waals surface area contributed by atoms with E-state index in [1.54, 1.807) is 0 Å².